The molecule has 0 saturated heterocycles. The maximum Gasteiger partial charge on any atom is 0.00313 e. The minimum atomic E-state index is 1.18. The summed E-state index contributed by atoms with van der Waals surface area (Å²) in [6.07, 6.45) is 24.5. The first-order valence-electron chi connectivity index (χ1n) is 8.59. The van der Waals surface area contributed by atoms with Gasteiger partial charge in [-0.1, -0.05) is 98.7 Å². The smallest absolute Gasteiger partial charge is 0.00313 e. The monoisotopic (exact) mass is 330 g/mol. The summed E-state index contributed by atoms with van der Waals surface area (Å²) in [5.74, 6) is 0. The second-order valence-electron chi connectivity index (χ2n) is 5.64. The van der Waals surface area contributed by atoms with Crippen LogP contribution in [0, 0.1) is 0 Å². The molecule has 0 aliphatic rings. The van der Waals surface area contributed by atoms with Gasteiger partial charge in [0.2, 0.25) is 0 Å². The van der Waals surface area contributed by atoms with Crippen LogP contribution in [0.15, 0.2) is 12.2 Å². The van der Waals surface area contributed by atoms with Gasteiger partial charge in [-0.25, -0.2) is 0 Å². The molecule has 0 unspecified atom stereocenters. The second kappa shape index (κ2) is 18.2. The van der Waals surface area contributed by atoms with Crippen molar-refractivity contribution in [3.8, 4) is 0 Å². The molecule has 19 heavy (non-hydrogen) atoms. The predicted octanol–water partition coefficient (Wildman–Crippen LogP) is 7.42. The molecule has 0 rings (SSSR count). The van der Waals surface area contributed by atoms with Crippen molar-refractivity contribution < 1.29 is 0 Å². The third-order valence-electron chi connectivity index (χ3n) is 3.74. The molecule has 0 fully saturated rings. The Morgan fingerprint density at radius 3 is 1.32 bits per heavy atom. The summed E-state index contributed by atoms with van der Waals surface area (Å²) in [6, 6.07) is 0. The van der Waals surface area contributed by atoms with Crippen molar-refractivity contribution in [1.82, 2.24) is 0 Å². The molecule has 0 aromatic heterocycles. The van der Waals surface area contributed by atoms with Crippen LogP contribution in [0.2, 0.25) is 0 Å². The molecule has 0 aliphatic carbocycles. The molecule has 0 spiro atoms. The Hall–Kier alpha value is 0.220. The van der Waals surface area contributed by atoms with Crippen LogP contribution in [0.3, 0.4) is 0 Å². The number of rotatable bonds is 15. The Morgan fingerprint density at radius 2 is 0.947 bits per heavy atom. The second-order valence-corrected chi connectivity index (χ2v) is 6.44. The Morgan fingerprint density at radius 1 is 0.579 bits per heavy atom. The molecule has 0 aromatic carbocycles. The summed E-state index contributed by atoms with van der Waals surface area (Å²) in [6.45, 7) is 2.11. The van der Waals surface area contributed by atoms with Crippen LogP contribution >= 0.6 is 15.9 Å². The average molecular weight is 331 g/mol. The average Bonchev–Trinajstić information content (AvgIpc) is 2.43. The Bertz CT molecular complexity index is 175. The molecule has 114 valence electrons. The number of allylic oxidation sites excluding steroid dienone is 2. The normalized spacial score (nSPS) is 11.5. The molecule has 0 nitrogen and oxygen atoms in total. The zero-order valence-corrected chi connectivity index (χ0v) is 14.7. The van der Waals surface area contributed by atoms with E-state index in [1.165, 1.54) is 95.2 Å². The largest absolute Gasteiger partial charge is 0.0928 e. The van der Waals surface area contributed by atoms with Crippen molar-refractivity contribution in [3.05, 3.63) is 12.2 Å². The lowest BCUT2D eigenvalue weighted by Crippen LogP contribution is -1.83. The van der Waals surface area contributed by atoms with Crippen LogP contribution in [0.4, 0.5) is 0 Å². The van der Waals surface area contributed by atoms with Gasteiger partial charge in [0.05, 0.1) is 0 Å². The molecule has 1 heteroatoms. The van der Waals surface area contributed by atoms with E-state index in [1.54, 1.807) is 0 Å². The molecule has 0 saturated carbocycles. The van der Waals surface area contributed by atoms with Gasteiger partial charge in [0, 0.05) is 5.33 Å². The molecule has 0 amide bonds. The van der Waals surface area contributed by atoms with Crippen molar-refractivity contribution in [2.24, 2.45) is 0 Å². The molecular weight excluding hydrogens is 296 g/mol. The minimum absolute atomic E-state index is 1.18. The molecule has 0 radical (unpaired) electrons. The maximum atomic E-state index is 3.49. The van der Waals surface area contributed by atoms with E-state index in [0.29, 0.717) is 0 Å². The fraction of sp³-hybridized carbons (Fsp3) is 0.889. The Balaban J connectivity index is 2.91. The van der Waals surface area contributed by atoms with Crippen LogP contribution in [-0.2, 0) is 0 Å². The van der Waals surface area contributed by atoms with Crippen LogP contribution in [0.1, 0.15) is 96.8 Å². The number of hydrogen-bond donors (Lipinski definition) is 0. The lowest BCUT2D eigenvalue weighted by Gasteiger charge is -2.02. The van der Waals surface area contributed by atoms with E-state index < -0.39 is 0 Å². The number of halogens is 1. The molecule has 0 heterocycles. The Kier molecular flexibility index (Phi) is 18.4. The highest BCUT2D eigenvalue weighted by Crippen LogP contribution is 2.13. The van der Waals surface area contributed by atoms with Gasteiger partial charge in [-0.15, -0.1) is 0 Å². The summed E-state index contributed by atoms with van der Waals surface area (Å²) in [7, 11) is 0. The van der Waals surface area contributed by atoms with Crippen molar-refractivity contribution >= 4 is 15.9 Å². The van der Waals surface area contributed by atoms with Crippen molar-refractivity contribution in [3.63, 3.8) is 0 Å². The summed E-state index contributed by atoms with van der Waals surface area (Å²) < 4.78 is 0. The van der Waals surface area contributed by atoms with Crippen molar-refractivity contribution in [1.29, 1.82) is 0 Å². The first-order valence-corrected chi connectivity index (χ1v) is 9.71. The Labute approximate surface area is 130 Å². The molecule has 0 aliphatic heterocycles. The molecule has 0 aromatic rings. The summed E-state index contributed by atoms with van der Waals surface area (Å²) in [4.78, 5) is 0. The van der Waals surface area contributed by atoms with E-state index >= 15 is 0 Å². The van der Waals surface area contributed by atoms with Gasteiger partial charge in [0.25, 0.3) is 0 Å². The van der Waals surface area contributed by atoms with E-state index in [9.17, 15) is 0 Å². The lowest BCUT2D eigenvalue weighted by atomic mass is 10.0. The minimum Gasteiger partial charge on any atom is -0.0928 e. The molecule has 0 bridgehead atoms. The fourth-order valence-corrected chi connectivity index (χ4v) is 2.86. The van der Waals surface area contributed by atoms with Crippen molar-refractivity contribution in [2.75, 3.05) is 5.33 Å². The van der Waals surface area contributed by atoms with Crippen LogP contribution in [0.25, 0.3) is 0 Å². The van der Waals surface area contributed by atoms with E-state index in [2.05, 4.69) is 35.0 Å². The third-order valence-corrected chi connectivity index (χ3v) is 4.30. The summed E-state index contributed by atoms with van der Waals surface area (Å²) >= 11 is 3.49. The van der Waals surface area contributed by atoms with E-state index in [-0.39, 0.29) is 0 Å². The fourth-order valence-electron chi connectivity index (χ4n) is 2.47. The first-order chi connectivity index (χ1) is 9.41. The maximum absolute atomic E-state index is 3.49. The number of unbranched alkanes of at least 4 members (excludes halogenated alkanes) is 13. The van der Waals surface area contributed by atoms with Crippen LogP contribution < -0.4 is 0 Å². The highest BCUT2D eigenvalue weighted by molar-refractivity contribution is 9.09. The van der Waals surface area contributed by atoms with Gasteiger partial charge in [0.15, 0.2) is 0 Å². The summed E-state index contributed by atoms with van der Waals surface area (Å²) in [5, 5.41) is 1.18. The van der Waals surface area contributed by atoms with Crippen LogP contribution in [0.5, 0.6) is 0 Å². The lowest BCUT2D eigenvalue weighted by molar-refractivity contribution is 0.540. The van der Waals surface area contributed by atoms with Crippen LogP contribution in [-0.4, -0.2) is 5.33 Å². The standard InChI is InChI=1S/C18H35Br/c1-2-3-4-5-6-7-8-9-10-11-12-13-14-15-16-17-18-19/h2-3H,4-18H2,1H3. The van der Waals surface area contributed by atoms with Gasteiger partial charge >= 0.3 is 0 Å². The number of alkyl halides is 1. The SMILES string of the molecule is CC=CCCCCCCCCCCCCCCCBr. The molecule has 0 N–H and O–H groups in total. The quantitative estimate of drug-likeness (QED) is 0.166. The molecule has 0 atom stereocenters. The first kappa shape index (κ1) is 19.2. The van der Waals surface area contributed by atoms with Gasteiger partial charge in [0.1, 0.15) is 0 Å². The predicted molar refractivity (Wildman–Crippen MR) is 93.2 cm³/mol. The van der Waals surface area contributed by atoms with Gasteiger partial charge in [-0.2, -0.15) is 0 Å². The highest BCUT2D eigenvalue weighted by Gasteiger charge is 1.93. The molecular formula is C18H35Br. The van der Waals surface area contributed by atoms with E-state index in [0.717, 1.165) is 0 Å². The van der Waals surface area contributed by atoms with E-state index in [1.807, 2.05) is 0 Å². The topological polar surface area (TPSA) is 0 Å². The summed E-state index contributed by atoms with van der Waals surface area (Å²) in [5.41, 5.74) is 0. The van der Waals surface area contributed by atoms with Gasteiger partial charge in [-0.3, -0.25) is 0 Å². The third kappa shape index (κ3) is 18.2. The van der Waals surface area contributed by atoms with E-state index in [4.69, 9.17) is 0 Å². The highest BCUT2D eigenvalue weighted by atomic mass is 79.9. The van der Waals surface area contributed by atoms with Crippen molar-refractivity contribution in [2.45, 2.75) is 96.8 Å². The number of hydrogen-bond acceptors (Lipinski definition) is 0. The van der Waals surface area contributed by atoms with Gasteiger partial charge < -0.3 is 0 Å². The zero-order chi connectivity index (χ0) is 14.0. The zero-order valence-electron chi connectivity index (χ0n) is 13.1. The van der Waals surface area contributed by atoms with Gasteiger partial charge in [-0.05, 0) is 26.2 Å².